The van der Waals surface area contributed by atoms with Crippen molar-refractivity contribution >= 4 is 5.97 Å². The first kappa shape index (κ1) is 10.7. The Kier molecular flexibility index (Phi) is 2.68. The molecule has 0 aromatic carbocycles. The van der Waals surface area contributed by atoms with Gasteiger partial charge in [0, 0.05) is 30.6 Å². The molecule has 5 nitrogen and oxygen atoms in total. The molecule has 1 fully saturated rings. The Morgan fingerprint density at radius 1 is 1.56 bits per heavy atom. The van der Waals surface area contributed by atoms with Gasteiger partial charge in [0.05, 0.1) is 0 Å². The molecular weight excluding hydrogens is 208 g/mol. The van der Waals surface area contributed by atoms with Gasteiger partial charge in [0.15, 0.2) is 0 Å². The molecule has 0 amide bonds. The normalized spacial score (nSPS) is 16.4. The maximum absolute atomic E-state index is 11.8. The number of carboxylic acid groups (broad SMARTS) is 1. The van der Waals surface area contributed by atoms with E-state index in [0.29, 0.717) is 12.6 Å². The third kappa shape index (κ3) is 2.08. The Morgan fingerprint density at radius 3 is 2.81 bits per heavy atom. The van der Waals surface area contributed by atoms with Gasteiger partial charge in [-0.1, -0.05) is 6.08 Å². The highest BCUT2D eigenvalue weighted by Crippen LogP contribution is 2.33. The number of hydrogen-bond donors (Lipinski definition) is 1. The summed E-state index contributed by atoms with van der Waals surface area (Å²) in [6.45, 7) is 1.84. The lowest BCUT2D eigenvalue weighted by Crippen LogP contribution is -2.23. The summed E-state index contributed by atoms with van der Waals surface area (Å²) in [5, 5.41) is 8.67. The van der Waals surface area contributed by atoms with E-state index in [2.05, 4.69) is 0 Å². The molecule has 2 rings (SSSR count). The third-order valence-corrected chi connectivity index (χ3v) is 2.75. The first-order valence-electron chi connectivity index (χ1n) is 5.27. The molecule has 1 aliphatic carbocycles. The van der Waals surface area contributed by atoms with Gasteiger partial charge in [-0.25, -0.2) is 9.59 Å². The molecule has 1 aromatic heterocycles. The Balaban J connectivity index is 2.13. The maximum Gasteiger partial charge on any atom is 0.331 e. The molecule has 1 aromatic rings. The lowest BCUT2D eigenvalue weighted by molar-refractivity contribution is -0.132. The molecule has 0 aliphatic heterocycles. The van der Waals surface area contributed by atoms with Gasteiger partial charge in [0.2, 0.25) is 0 Å². The number of imidazole rings is 1. The van der Waals surface area contributed by atoms with Gasteiger partial charge in [-0.15, -0.1) is 0 Å². The molecule has 86 valence electrons. The average Bonchev–Trinajstić information content (AvgIpc) is 3.01. The molecule has 1 saturated carbocycles. The van der Waals surface area contributed by atoms with Crippen LogP contribution in [0, 0.1) is 0 Å². The van der Waals surface area contributed by atoms with Crippen molar-refractivity contribution in [2.75, 3.05) is 0 Å². The summed E-state index contributed by atoms with van der Waals surface area (Å²) in [7, 11) is 0. The predicted molar refractivity (Wildman–Crippen MR) is 58.4 cm³/mol. The number of carboxylic acids is 1. The quantitative estimate of drug-likeness (QED) is 0.773. The smallest absolute Gasteiger partial charge is 0.331 e. The lowest BCUT2D eigenvalue weighted by Gasteiger charge is -1.98. The van der Waals surface area contributed by atoms with Crippen LogP contribution in [-0.2, 0) is 11.3 Å². The molecule has 1 N–H and O–H groups in total. The number of hydrogen-bond acceptors (Lipinski definition) is 2. The van der Waals surface area contributed by atoms with Gasteiger partial charge in [-0.05, 0) is 19.8 Å². The summed E-state index contributed by atoms with van der Waals surface area (Å²) in [5.74, 6) is -0.949. The van der Waals surface area contributed by atoms with Gasteiger partial charge in [-0.3, -0.25) is 9.13 Å². The number of aliphatic carboxylic acids is 1. The van der Waals surface area contributed by atoms with E-state index in [4.69, 9.17) is 5.11 Å². The minimum atomic E-state index is -0.949. The van der Waals surface area contributed by atoms with Gasteiger partial charge in [-0.2, -0.15) is 0 Å². The molecule has 1 heterocycles. The van der Waals surface area contributed by atoms with Gasteiger partial charge in [0.25, 0.3) is 0 Å². The van der Waals surface area contributed by atoms with Crippen molar-refractivity contribution in [3.05, 3.63) is 34.5 Å². The van der Waals surface area contributed by atoms with E-state index in [1.54, 1.807) is 23.0 Å². The third-order valence-electron chi connectivity index (χ3n) is 2.75. The number of carbonyl (C=O) groups is 1. The molecule has 0 atom stereocenters. The first-order chi connectivity index (χ1) is 7.59. The summed E-state index contributed by atoms with van der Waals surface area (Å²) in [6.07, 6.45) is 7.14. The van der Waals surface area contributed by atoms with Crippen molar-refractivity contribution in [2.45, 2.75) is 32.4 Å². The average molecular weight is 222 g/mol. The van der Waals surface area contributed by atoms with Gasteiger partial charge < -0.3 is 5.11 Å². The monoisotopic (exact) mass is 222 g/mol. The van der Waals surface area contributed by atoms with E-state index < -0.39 is 5.97 Å². The Hall–Kier alpha value is -1.78. The fraction of sp³-hybridized carbons (Fsp3) is 0.455. The Labute approximate surface area is 92.6 Å². The summed E-state index contributed by atoms with van der Waals surface area (Å²) in [5.41, 5.74) is 0.197. The van der Waals surface area contributed by atoms with Crippen LogP contribution in [0.5, 0.6) is 0 Å². The van der Waals surface area contributed by atoms with Crippen LogP contribution in [0.2, 0.25) is 0 Å². The summed E-state index contributed by atoms with van der Waals surface area (Å²) in [6, 6.07) is 0.360. The van der Waals surface area contributed by atoms with E-state index in [0.717, 1.165) is 12.8 Å². The molecule has 16 heavy (non-hydrogen) atoms. The molecule has 5 heteroatoms. The zero-order valence-electron chi connectivity index (χ0n) is 9.09. The van der Waals surface area contributed by atoms with Crippen LogP contribution in [0.1, 0.15) is 25.8 Å². The number of allylic oxidation sites excluding steroid dienone is 1. The van der Waals surface area contributed by atoms with E-state index >= 15 is 0 Å². The van der Waals surface area contributed by atoms with Crippen molar-refractivity contribution in [3.8, 4) is 0 Å². The summed E-state index contributed by atoms with van der Waals surface area (Å²) < 4.78 is 3.23. The van der Waals surface area contributed by atoms with E-state index in [-0.39, 0.29) is 11.3 Å². The fourth-order valence-corrected chi connectivity index (χ4v) is 1.52. The van der Waals surface area contributed by atoms with Crippen molar-refractivity contribution in [2.24, 2.45) is 0 Å². The minimum Gasteiger partial charge on any atom is -0.478 e. The van der Waals surface area contributed by atoms with Gasteiger partial charge in [0.1, 0.15) is 0 Å². The standard InChI is InChI=1S/C11H14N2O3/c1-8(10(14)15)4-5-12-6-7-13(11(12)16)9-2-3-9/h4,6-7,9H,2-3,5H2,1H3,(H,14,15)/b8-4-. The highest BCUT2D eigenvalue weighted by atomic mass is 16.4. The molecular formula is C11H14N2O3. The summed E-state index contributed by atoms with van der Waals surface area (Å²) >= 11 is 0. The van der Waals surface area contributed by atoms with E-state index in [1.807, 2.05) is 0 Å². The van der Waals surface area contributed by atoms with Crippen molar-refractivity contribution in [1.82, 2.24) is 9.13 Å². The lowest BCUT2D eigenvalue weighted by atomic mass is 10.3. The van der Waals surface area contributed by atoms with Crippen LogP contribution in [0.4, 0.5) is 0 Å². The second-order valence-corrected chi connectivity index (χ2v) is 4.06. The molecule has 0 spiro atoms. The number of rotatable bonds is 4. The predicted octanol–water partition coefficient (Wildman–Crippen LogP) is 1.02. The highest BCUT2D eigenvalue weighted by Gasteiger charge is 2.25. The zero-order valence-corrected chi connectivity index (χ0v) is 9.09. The van der Waals surface area contributed by atoms with E-state index in [9.17, 15) is 9.59 Å². The largest absolute Gasteiger partial charge is 0.478 e. The Morgan fingerprint density at radius 2 is 2.25 bits per heavy atom. The van der Waals surface area contributed by atoms with Crippen LogP contribution < -0.4 is 5.69 Å². The molecule has 1 aliphatic rings. The topological polar surface area (TPSA) is 64.2 Å². The van der Waals surface area contributed by atoms with Crippen LogP contribution in [0.3, 0.4) is 0 Å². The van der Waals surface area contributed by atoms with E-state index in [1.165, 1.54) is 11.5 Å². The van der Waals surface area contributed by atoms with Crippen LogP contribution >= 0.6 is 0 Å². The second kappa shape index (κ2) is 4.00. The highest BCUT2D eigenvalue weighted by molar-refractivity contribution is 5.85. The van der Waals surface area contributed by atoms with Crippen molar-refractivity contribution in [1.29, 1.82) is 0 Å². The van der Waals surface area contributed by atoms with Crippen molar-refractivity contribution in [3.63, 3.8) is 0 Å². The molecule has 0 bridgehead atoms. The summed E-state index contributed by atoms with van der Waals surface area (Å²) in [4.78, 5) is 22.4. The molecule has 0 saturated heterocycles. The number of aromatic nitrogens is 2. The minimum absolute atomic E-state index is 0.0584. The zero-order chi connectivity index (χ0) is 11.7. The fourth-order valence-electron chi connectivity index (χ4n) is 1.52. The van der Waals surface area contributed by atoms with Crippen LogP contribution in [-0.4, -0.2) is 20.2 Å². The molecule has 0 unspecified atom stereocenters. The maximum atomic E-state index is 11.8. The second-order valence-electron chi connectivity index (χ2n) is 4.06. The van der Waals surface area contributed by atoms with Crippen molar-refractivity contribution < 1.29 is 9.90 Å². The first-order valence-corrected chi connectivity index (χ1v) is 5.27. The SMILES string of the molecule is C/C(=C/Cn1ccn(C2CC2)c1=O)C(=O)O. The van der Waals surface area contributed by atoms with Crippen LogP contribution in [0.25, 0.3) is 0 Å². The molecule has 0 radical (unpaired) electrons. The van der Waals surface area contributed by atoms with Crippen LogP contribution in [0.15, 0.2) is 28.8 Å². The number of nitrogens with zero attached hydrogens (tertiary/aromatic N) is 2. The van der Waals surface area contributed by atoms with Gasteiger partial charge >= 0.3 is 11.7 Å². The Bertz CT molecular complexity index is 492.